The molecule has 1 aliphatic rings. The lowest BCUT2D eigenvalue weighted by Gasteiger charge is -2.16. The van der Waals surface area contributed by atoms with E-state index in [2.05, 4.69) is 38.7 Å². The second-order valence-electron chi connectivity index (χ2n) is 7.90. The highest BCUT2D eigenvalue weighted by Gasteiger charge is 2.28. The van der Waals surface area contributed by atoms with Crippen molar-refractivity contribution < 1.29 is 9.26 Å². The van der Waals surface area contributed by atoms with Crippen molar-refractivity contribution in [1.29, 1.82) is 0 Å². The Labute approximate surface area is 198 Å². The van der Waals surface area contributed by atoms with Crippen LogP contribution in [0.4, 0.5) is 5.82 Å². The molecule has 0 amide bonds. The van der Waals surface area contributed by atoms with E-state index >= 15 is 0 Å². The highest BCUT2D eigenvalue weighted by Crippen LogP contribution is 2.33. The fourth-order valence-electron chi connectivity index (χ4n) is 3.72. The van der Waals surface area contributed by atoms with Crippen LogP contribution in [0.2, 0.25) is 0 Å². The summed E-state index contributed by atoms with van der Waals surface area (Å²) >= 11 is 0. The molecule has 2 aromatic heterocycles. The molecule has 0 bridgehead atoms. The summed E-state index contributed by atoms with van der Waals surface area (Å²) in [6.45, 7) is 1.48. The second-order valence-corrected chi connectivity index (χ2v) is 8.75. The lowest BCUT2D eigenvalue weighted by molar-refractivity contribution is 0.00736. The van der Waals surface area contributed by atoms with Crippen molar-refractivity contribution in [2.75, 3.05) is 18.9 Å². The molecule has 174 valence electrons. The molecule has 33 heavy (non-hydrogen) atoms. The van der Waals surface area contributed by atoms with Crippen LogP contribution in [0.15, 0.2) is 12.5 Å². The molecule has 1 aliphatic heterocycles. The van der Waals surface area contributed by atoms with Gasteiger partial charge in [-0.05, 0) is 38.5 Å². The van der Waals surface area contributed by atoms with Gasteiger partial charge in [0.2, 0.25) is 0 Å². The number of hydrogen-bond acceptors (Lipinski definition) is 6. The Balaban J connectivity index is 1.55. The third kappa shape index (κ3) is 7.46. The van der Waals surface area contributed by atoms with Gasteiger partial charge in [-0.25, -0.2) is 9.97 Å². The molecule has 8 heteroatoms. The van der Waals surface area contributed by atoms with Crippen molar-refractivity contribution >= 4 is 25.8 Å². The SMILES string of the molecule is C#CCCCCC#Cc1cn([C@H]2CC[C@@H](CNPOCCCCC#C)O2)c2ncnc(N)c12. The van der Waals surface area contributed by atoms with Crippen molar-refractivity contribution in [3.05, 3.63) is 18.1 Å². The summed E-state index contributed by atoms with van der Waals surface area (Å²) in [5, 5.41) is 4.13. The Morgan fingerprint density at radius 1 is 1.15 bits per heavy atom. The molecular formula is C25H32N5O2P. The Morgan fingerprint density at radius 2 is 1.94 bits per heavy atom. The van der Waals surface area contributed by atoms with Crippen LogP contribution in [0, 0.1) is 36.5 Å². The first-order valence-electron chi connectivity index (χ1n) is 11.5. The van der Waals surface area contributed by atoms with Crippen LogP contribution in [0.3, 0.4) is 0 Å². The monoisotopic (exact) mass is 465 g/mol. The van der Waals surface area contributed by atoms with Gasteiger partial charge in [0, 0.05) is 32.0 Å². The first kappa shape index (κ1) is 25.0. The van der Waals surface area contributed by atoms with Gasteiger partial charge in [0.25, 0.3) is 0 Å². The first-order chi connectivity index (χ1) is 16.2. The van der Waals surface area contributed by atoms with Gasteiger partial charge in [0.05, 0.1) is 32.6 Å². The largest absolute Gasteiger partial charge is 0.383 e. The Morgan fingerprint density at radius 3 is 2.76 bits per heavy atom. The van der Waals surface area contributed by atoms with Crippen LogP contribution in [-0.4, -0.2) is 33.8 Å². The van der Waals surface area contributed by atoms with Gasteiger partial charge >= 0.3 is 0 Å². The average molecular weight is 466 g/mol. The number of nitrogens with zero attached hydrogens (tertiary/aromatic N) is 3. The van der Waals surface area contributed by atoms with Gasteiger partial charge in [-0.3, -0.25) is 5.09 Å². The van der Waals surface area contributed by atoms with E-state index in [0.29, 0.717) is 5.82 Å². The maximum Gasteiger partial charge on any atom is 0.148 e. The minimum Gasteiger partial charge on any atom is -0.383 e. The number of anilines is 1. The number of unbranched alkanes of at least 4 members (excludes halogenated alkanes) is 5. The third-order valence-electron chi connectivity index (χ3n) is 5.42. The van der Waals surface area contributed by atoms with Crippen LogP contribution in [0.5, 0.6) is 0 Å². The number of nitrogen functional groups attached to an aromatic ring is 1. The lowest BCUT2D eigenvalue weighted by Crippen LogP contribution is -2.22. The summed E-state index contributed by atoms with van der Waals surface area (Å²) in [5.74, 6) is 12.2. The Kier molecular flexibility index (Phi) is 10.5. The van der Waals surface area contributed by atoms with Crippen LogP contribution in [-0.2, 0) is 9.26 Å². The van der Waals surface area contributed by atoms with E-state index in [4.69, 9.17) is 27.8 Å². The molecule has 0 aromatic carbocycles. The van der Waals surface area contributed by atoms with Gasteiger partial charge in [-0.2, -0.15) is 0 Å². The number of rotatable bonds is 12. The van der Waals surface area contributed by atoms with Gasteiger partial charge < -0.3 is 19.6 Å². The van der Waals surface area contributed by atoms with Crippen molar-refractivity contribution in [2.45, 2.75) is 70.1 Å². The predicted molar refractivity (Wildman–Crippen MR) is 134 cm³/mol. The molecule has 2 aromatic rings. The minimum atomic E-state index is -0.104. The molecule has 3 atom stereocenters. The molecule has 3 rings (SSSR count). The van der Waals surface area contributed by atoms with E-state index < -0.39 is 0 Å². The number of aromatic nitrogens is 3. The summed E-state index contributed by atoms with van der Waals surface area (Å²) < 4.78 is 14.0. The highest BCUT2D eigenvalue weighted by atomic mass is 31.1. The Bertz CT molecular complexity index is 1040. The molecule has 1 unspecified atom stereocenters. The summed E-state index contributed by atoms with van der Waals surface area (Å²) in [6, 6.07) is 0. The van der Waals surface area contributed by atoms with Crippen LogP contribution in [0.25, 0.3) is 11.0 Å². The molecule has 7 nitrogen and oxygen atoms in total. The topological polar surface area (TPSA) is 87.2 Å². The molecular weight excluding hydrogens is 433 g/mol. The second kappa shape index (κ2) is 13.8. The summed E-state index contributed by atoms with van der Waals surface area (Å²) in [5.41, 5.74) is 7.77. The molecule has 1 saturated heterocycles. The molecule has 0 spiro atoms. The molecule has 0 radical (unpaired) electrons. The van der Waals surface area contributed by atoms with Gasteiger partial charge in [0.1, 0.15) is 24.0 Å². The third-order valence-corrected chi connectivity index (χ3v) is 6.12. The maximum atomic E-state index is 6.30. The smallest absolute Gasteiger partial charge is 0.148 e. The number of nitrogens with one attached hydrogen (secondary N) is 1. The van der Waals surface area contributed by atoms with E-state index in [1.807, 2.05) is 10.8 Å². The normalized spacial score (nSPS) is 17.8. The van der Waals surface area contributed by atoms with Crippen molar-refractivity contribution in [2.24, 2.45) is 0 Å². The first-order valence-corrected chi connectivity index (χ1v) is 12.4. The predicted octanol–water partition coefficient (Wildman–Crippen LogP) is 4.15. The highest BCUT2D eigenvalue weighted by molar-refractivity contribution is 7.29. The fraction of sp³-hybridized carbons (Fsp3) is 0.520. The van der Waals surface area contributed by atoms with E-state index in [1.165, 1.54) is 6.33 Å². The number of ether oxygens (including phenoxy) is 1. The molecule has 3 heterocycles. The molecule has 0 saturated carbocycles. The summed E-state index contributed by atoms with van der Waals surface area (Å²) in [6.07, 6.45) is 22.3. The Hall–Kier alpha value is -2.59. The van der Waals surface area contributed by atoms with Gasteiger partial charge in [0.15, 0.2) is 0 Å². The average Bonchev–Trinajstić information content (AvgIpc) is 3.43. The number of nitrogens with two attached hydrogens (primary N) is 1. The number of fused-ring (bicyclic) bond motifs is 1. The van der Waals surface area contributed by atoms with Crippen molar-refractivity contribution in [3.8, 4) is 36.5 Å². The zero-order chi connectivity index (χ0) is 23.3. The van der Waals surface area contributed by atoms with Crippen molar-refractivity contribution in [1.82, 2.24) is 19.6 Å². The number of terminal acetylenes is 2. The quantitative estimate of drug-likeness (QED) is 0.278. The number of hydrogen-bond donors (Lipinski definition) is 2. The summed E-state index contributed by atoms with van der Waals surface area (Å²) in [4.78, 5) is 8.64. The van der Waals surface area contributed by atoms with E-state index in [1.54, 1.807) is 0 Å². The van der Waals surface area contributed by atoms with Gasteiger partial charge in [-0.15, -0.1) is 24.7 Å². The van der Waals surface area contributed by atoms with E-state index in [-0.39, 0.29) is 21.3 Å². The van der Waals surface area contributed by atoms with Crippen LogP contribution < -0.4 is 10.8 Å². The van der Waals surface area contributed by atoms with Crippen LogP contribution >= 0.6 is 8.96 Å². The summed E-state index contributed by atoms with van der Waals surface area (Å²) in [7, 11) is 0.261. The van der Waals surface area contributed by atoms with Gasteiger partial charge in [-0.1, -0.05) is 11.8 Å². The minimum absolute atomic E-state index is 0.104. The van der Waals surface area contributed by atoms with E-state index in [0.717, 1.165) is 87.5 Å². The van der Waals surface area contributed by atoms with Crippen LogP contribution in [0.1, 0.15) is 69.6 Å². The lowest BCUT2D eigenvalue weighted by atomic mass is 10.2. The van der Waals surface area contributed by atoms with E-state index in [9.17, 15) is 0 Å². The molecule has 3 N–H and O–H groups in total. The standard InChI is InChI=1S/C25H32N5O2P/c1-3-5-7-9-10-11-13-20-18-30(25-23(20)24(26)27-19-28-25)22-15-14-21(32-22)17-29-33-31-16-12-8-6-4-2/h1-2,18-19,21-22,29,33H,5-10,12,14-17H2,(H2,26,27,28)/t21-,22+/m0/s1. The van der Waals surface area contributed by atoms with Crippen molar-refractivity contribution in [3.63, 3.8) is 0 Å². The zero-order valence-electron chi connectivity index (χ0n) is 19.0. The molecule has 0 aliphatic carbocycles. The molecule has 1 fully saturated rings. The maximum absolute atomic E-state index is 6.30. The fourth-order valence-corrected chi connectivity index (χ4v) is 4.38. The zero-order valence-corrected chi connectivity index (χ0v) is 20.0.